The molecule has 1 aliphatic rings. The molecular formula is C21H16F2N2O3. The molecule has 0 radical (unpaired) electrons. The van der Waals surface area contributed by atoms with Gasteiger partial charge in [0.2, 0.25) is 0 Å². The lowest BCUT2D eigenvalue weighted by Crippen LogP contribution is -2.35. The molecule has 1 aromatic heterocycles. The number of fused-ring (bicyclic) bond motifs is 2. The highest BCUT2D eigenvalue weighted by atomic mass is 19.3. The number of hydrogen-bond donors (Lipinski definition) is 2. The van der Waals surface area contributed by atoms with Gasteiger partial charge in [0, 0.05) is 18.1 Å². The van der Waals surface area contributed by atoms with Crippen LogP contribution < -0.4 is 15.6 Å². The Morgan fingerprint density at radius 3 is 2.11 bits per heavy atom. The second-order valence-electron chi connectivity index (χ2n) is 6.59. The molecule has 1 amide bonds. The van der Waals surface area contributed by atoms with Gasteiger partial charge in [-0.2, -0.15) is 0 Å². The van der Waals surface area contributed by atoms with Gasteiger partial charge in [-0.25, -0.2) is 8.78 Å². The van der Waals surface area contributed by atoms with Crippen LogP contribution in [0.15, 0.2) is 65.5 Å². The number of alkyl halides is 2. The van der Waals surface area contributed by atoms with Crippen LogP contribution in [0.25, 0.3) is 0 Å². The molecule has 28 heavy (non-hydrogen) atoms. The van der Waals surface area contributed by atoms with E-state index >= 15 is 0 Å². The van der Waals surface area contributed by atoms with Crippen molar-refractivity contribution in [1.82, 2.24) is 10.3 Å². The molecule has 0 aliphatic carbocycles. The van der Waals surface area contributed by atoms with E-state index < -0.39 is 29.1 Å². The number of nitrogens with one attached hydrogen (secondary N) is 2. The molecule has 3 aromatic rings. The first kappa shape index (κ1) is 17.9. The van der Waals surface area contributed by atoms with Gasteiger partial charge in [0.1, 0.15) is 17.1 Å². The van der Waals surface area contributed by atoms with Crippen molar-refractivity contribution < 1.29 is 18.3 Å². The van der Waals surface area contributed by atoms with E-state index in [9.17, 15) is 18.4 Å². The van der Waals surface area contributed by atoms with Crippen LogP contribution in [-0.2, 0) is 5.92 Å². The van der Waals surface area contributed by atoms with E-state index in [0.717, 1.165) is 23.3 Å². The van der Waals surface area contributed by atoms with E-state index in [1.807, 2.05) is 36.4 Å². The molecule has 1 aliphatic heterocycles. The predicted molar refractivity (Wildman–Crippen MR) is 98.9 cm³/mol. The summed E-state index contributed by atoms with van der Waals surface area (Å²) >= 11 is 0. The van der Waals surface area contributed by atoms with Gasteiger partial charge in [0.15, 0.2) is 0 Å². The summed E-state index contributed by atoms with van der Waals surface area (Å²) in [7, 11) is 0. The zero-order valence-corrected chi connectivity index (χ0v) is 14.8. The number of hydrogen-bond acceptors (Lipinski definition) is 3. The van der Waals surface area contributed by atoms with E-state index in [1.54, 1.807) is 12.1 Å². The molecule has 5 nitrogen and oxygen atoms in total. The van der Waals surface area contributed by atoms with Gasteiger partial charge in [0.05, 0.1) is 11.7 Å². The molecule has 7 heteroatoms. The van der Waals surface area contributed by atoms with Crippen LogP contribution in [0.3, 0.4) is 0 Å². The minimum absolute atomic E-state index is 0.241. The lowest BCUT2D eigenvalue weighted by atomic mass is 9.94. The molecule has 2 heterocycles. The highest BCUT2D eigenvalue weighted by molar-refractivity contribution is 5.94. The molecule has 0 bridgehead atoms. The average molecular weight is 382 g/mol. The molecule has 0 fully saturated rings. The maximum absolute atomic E-state index is 13.4. The number of carbonyl (C=O) groups is 1. The first-order chi connectivity index (χ1) is 13.3. The Balaban J connectivity index is 1.70. The van der Waals surface area contributed by atoms with Gasteiger partial charge in [0.25, 0.3) is 17.4 Å². The maximum Gasteiger partial charge on any atom is 0.284 e. The number of pyridine rings is 1. The standard InChI is InChI=1S/C21H16F2N2O3/c1-21(22,23)17-11-10-14(19(26)24-17)20(27)25-18-12-6-2-4-8-15(12)28-16-9-5-3-7-13(16)18/h2-11,18H,1H3,(H,24,26)(H,25,27). The van der Waals surface area contributed by atoms with Gasteiger partial charge in [-0.15, -0.1) is 0 Å². The summed E-state index contributed by atoms with van der Waals surface area (Å²) < 4.78 is 32.6. The number of H-pyrrole nitrogens is 1. The summed E-state index contributed by atoms with van der Waals surface area (Å²) in [6.07, 6.45) is 0. The van der Waals surface area contributed by atoms with Gasteiger partial charge in [-0.05, 0) is 24.3 Å². The number of aromatic amines is 1. The lowest BCUT2D eigenvalue weighted by Gasteiger charge is -2.28. The fourth-order valence-electron chi connectivity index (χ4n) is 3.18. The molecule has 142 valence electrons. The Labute approximate surface area is 159 Å². The van der Waals surface area contributed by atoms with Crippen molar-refractivity contribution in [2.75, 3.05) is 0 Å². The fraction of sp³-hybridized carbons (Fsp3) is 0.143. The van der Waals surface area contributed by atoms with E-state index in [4.69, 9.17) is 4.74 Å². The van der Waals surface area contributed by atoms with Crippen molar-refractivity contribution in [2.45, 2.75) is 18.9 Å². The molecule has 0 saturated heterocycles. The molecule has 0 saturated carbocycles. The largest absolute Gasteiger partial charge is 0.457 e. The molecular weight excluding hydrogens is 366 g/mol. The number of amides is 1. The van der Waals surface area contributed by atoms with Crippen LogP contribution in [0.1, 0.15) is 40.1 Å². The van der Waals surface area contributed by atoms with Crippen molar-refractivity contribution >= 4 is 5.91 Å². The first-order valence-corrected chi connectivity index (χ1v) is 8.63. The number of carbonyl (C=O) groups excluding carboxylic acids is 1. The number of rotatable bonds is 3. The summed E-state index contributed by atoms with van der Waals surface area (Å²) in [5, 5.41) is 2.82. The van der Waals surface area contributed by atoms with Crippen molar-refractivity contribution in [3.05, 3.63) is 93.4 Å². The highest BCUT2D eigenvalue weighted by Gasteiger charge is 2.30. The average Bonchev–Trinajstić information content (AvgIpc) is 2.67. The molecule has 0 unspecified atom stereocenters. The van der Waals surface area contributed by atoms with Crippen molar-refractivity contribution in [2.24, 2.45) is 0 Å². The van der Waals surface area contributed by atoms with E-state index in [0.29, 0.717) is 18.4 Å². The summed E-state index contributed by atoms with van der Waals surface area (Å²) in [5.41, 5.74) is -0.180. The quantitative estimate of drug-likeness (QED) is 0.716. The summed E-state index contributed by atoms with van der Waals surface area (Å²) in [4.78, 5) is 27.0. The van der Waals surface area contributed by atoms with Gasteiger partial charge >= 0.3 is 0 Å². The summed E-state index contributed by atoms with van der Waals surface area (Å²) in [5.74, 6) is -2.67. The molecule has 4 rings (SSSR count). The van der Waals surface area contributed by atoms with E-state index in [-0.39, 0.29) is 5.56 Å². The number of halogens is 2. The monoisotopic (exact) mass is 382 g/mol. The van der Waals surface area contributed by atoms with Crippen LogP contribution in [0, 0.1) is 0 Å². The van der Waals surface area contributed by atoms with Crippen LogP contribution >= 0.6 is 0 Å². The maximum atomic E-state index is 13.4. The van der Waals surface area contributed by atoms with Gasteiger partial charge in [-0.3, -0.25) is 9.59 Å². The smallest absolute Gasteiger partial charge is 0.284 e. The number of benzene rings is 2. The summed E-state index contributed by atoms with van der Waals surface area (Å²) in [6.45, 7) is 0.675. The Hall–Kier alpha value is -3.48. The number of para-hydroxylation sites is 2. The molecule has 0 atom stereocenters. The Kier molecular flexibility index (Phi) is 4.22. The van der Waals surface area contributed by atoms with E-state index in [2.05, 4.69) is 10.3 Å². The zero-order valence-electron chi connectivity index (χ0n) is 14.8. The Morgan fingerprint density at radius 1 is 1.00 bits per heavy atom. The Morgan fingerprint density at radius 2 is 1.57 bits per heavy atom. The topological polar surface area (TPSA) is 71.2 Å². The predicted octanol–water partition coefficient (Wildman–Crippen LogP) is 4.11. The van der Waals surface area contributed by atoms with Crippen LogP contribution in [0.4, 0.5) is 8.78 Å². The first-order valence-electron chi connectivity index (χ1n) is 8.63. The SMILES string of the molecule is CC(F)(F)c1ccc(C(=O)NC2c3ccccc3Oc3ccccc32)c(=O)[nH]1. The molecule has 0 spiro atoms. The molecule has 2 N–H and O–H groups in total. The molecule has 2 aromatic carbocycles. The van der Waals surface area contributed by atoms with Crippen LogP contribution in [0.5, 0.6) is 11.5 Å². The van der Waals surface area contributed by atoms with E-state index in [1.165, 1.54) is 0 Å². The number of aromatic nitrogens is 1. The normalized spacial score (nSPS) is 13.2. The second kappa shape index (κ2) is 6.60. The van der Waals surface area contributed by atoms with Gasteiger partial charge < -0.3 is 15.0 Å². The van der Waals surface area contributed by atoms with Gasteiger partial charge in [-0.1, -0.05) is 36.4 Å². The third-order valence-corrected chi connectivity index (χ3v) is 4.58. The van der Waals surface area contributed by atoms with Crippen molar-refractivity contribution in [3.8, 4) is 11.5 Å². The van der Waals surface area contributed by atoms with Crippen molar-refractivity contribution in [3.63, 3.8) is 0 Å². The fourth-order valence-corrected chi connectivity index (χ4v) is 3.18. The third-order valence-electron chi connectivity index (χ3n) is 4.58. The summed E-state index contributed by atoms with van der Waals surface area (Å²) in [6, 6.07) is 16.1. The lowest BCUT2D eigenvalue weighted by molar-refractivity contribution is 0.0125. The van der Waals surface area contributed by atoms with Crippen molar-refractivity contribution in [1.29, 1.82) is 0 Å². The highest BCUT2D eigenvalue weighted by Crippen LogP contribution is 2.42. The van der Waals surface area contributed by atoms with Crippen LogP contribution in [-0.4, -0.2) is 10.9 Å². The third kappa shape index (κ3) is 3.15. The zero-order chi connectivity index (χ0) is 19.9. The second-order valence-corrected chi connectivity index (χ2v) is 6.59. The van der Waals surface area contributed by atoms with Crippen LogP contribution in [0.2, 0.25) is 0 Å². The minimum atomic E-state index is -3.20. The number of ether oxygens (including phenoxy) is 1. The Bertz CT molecular complexity index is 1070. The minimum Gasteiger partial charge on any atom is -0.457 e.